The lowest BCUT2D eigenvalue weighted by Gasteiger charge is -2.20. The van der Waals surface area contributed by atoms with Crippen LogP contribution in [-0.4, -0.2) is 34.0 Å². The average molecular weight is 461 g/mol. The summed E-state index contributed by atoms with van der Waals surface area (Å²) in [4.78, 5) is 9.01. The average Bonchev–Trinajstić information content (AvgIpc) is 3.21. The molecule has 0 N–H and O–H groups in total. The van der Waals surface area contributed by atoms with Crippen LogP contribution >= 0.6 is 0 Å². The van der Waals surface area contributed by atoms with E-state index in [1.807, 2.05) is 35.0 Å². The van der Waals surface area contributed by atoms with Gasteiger partial charge >= 0.3 is 6.01 Å². The molecule has 0 saturated heterocycles. The van der Waals surface area contributed by atoms with Gasteiger partial charge in [-0.1, -0.05) is 75.4 Å². The summed E-state index contributed by atoms with van der Waals surface area (Å²) < 4.78 is 18.8. The van der Waals surface area contributed by atoms with Crippen molar-refractivity contribution in [2.24, 2.45) is 0 Å². The molecule has 0 aliphatic rings. The third kappa shape index (κ3) is 4.89. The second kappa shape index (κ2) is 9.81. The molecule has 0 aliphatic carbocycles. The summed E-state index contributed by atoms with van der Waals surface area (Å²) in [6.07, 6.45) is 0. The van der Waals surface area contributed by atoms with Gasteiger partial charge in [-0.3, -0.25) is 0 Å². The number of hydrogen-bond donors (Lipinski definition) is 0. The van der Waals surface area contributed by atoms with E-state index in [-0.39, 0.29) is 17.5 Å². The van der Waals surface area contributed by atoms with Gasteiger partial charge in [-0.15, -0.1) is 0 Å². The Balaban J connectivity index is 1.71. The maximum atomic E-state index is 6.00. The maximum absolute atomic E-state index is 6.00. The smallest absolute Gasteiger partial charge is 0.321 e. The van der Waals surface area contributed by atoms with Gasteiger partial charge in [-0.05, 0) is 29.0 Å². The molecule has 4 aromatic rings. The Kier molecular flexibility index (Phi) is 6.84. The number of nitrogens with zero attached hydrogens (tertiary/aromatic N) is 4. The highest BCUT2D eigenvalue weighted by molar-refractivity contribution is 5.84. The van der Waals surface area contributed by atoms with Gasteiger partial charge in [-0.2, -0.15) is 15.1 Å². The zero-order valence-electron chi connectivity index (χ0n) is 20.7. The molecule has 0 aliphatic heterocycles. The number of methoxy groups -OCH3 is 2. The van der Waals surface area contributed by atoms with E-state index >= 15 is 0 Å². The van der Waals surface area contributed by atoms with Crippen molar-refractivity contribution in [3.05, 3.63) is 77.0 Å². The minimum absolute atomic E-state index is 0.0660. The van der Waals surface area contributed by atoms with E-state index < -0.39 is 0 Å². The minimum Gasteiger partial charge on any atom is -0.480 e. The van der Waals surface area contributed by atoms with Gasteiger partial charge in [0.05, 0.1) is 33.5 Å². The van der Waals surface area contributed by atoms with Crippen molar-refractivity contribution < 1.29 is 14.2 Å². The molecule has 0 fully saturated rings. The summed E-state index contributed by atoms with van der Waals surface area (Å²) in [5.74, 6) is 0.418. The van der Waals surface area contributed by atoms with Crippen molar-refractivity contribution in [1.29, 1.82) is 0 Å². The highest BCUT2D eigenvalue weighted by atomic mass is 16.5. The fourth-order valence-corrected chi connectivity index (χ4v) is 3.91. The van der Waals surface area contributed by atoms with E-state index in [0.717, 1.165) is 22.2 Å². The number of hydrogen-bond acceptors (Lipinski definition) is 6. The van der Waals surface area contributed by atoms with Crippen LogP contribution in [0.2, 0.25) is 0 Å². The van der Waals surface area contributed by atoms with Crippen LogP contribution in [0.15, 0.2) is 54.6 Å². The third-order valence-electron chi connectivity index (χ3n) is 5.92. The van der Waals surface area contributed by atoms with Crippen LogP contribution in [0.1, 0.15) is 56.1 Å². The zero-order valence-corrected chi connectivity index (χ0v) is 20.7. The summed E-state index contributed by atoms with van der Waals surface area (Å²) in [6, 6.07) is 18.9. The van der Waals surface area contributed by atoms with Crippen LogP contribution in [0.25, 0.3) is 11.0 Å². The second-order valence-electron chi connectivity index (χ2n) is 9.34. The normalized spacial score (nSPS) is 12.6. The van der Waals surface area contributed by atoms with E-state index in [2.05, 4.69) is 61.9 Å². The van der Waals surface area contributed by atoms with Crippen molar-refractivity contribution >= 4 is 11.0 Å². The van der Waals surface area contributed by atoms with Gasteiger partial charge in [0, 0.05) is 0 Å². The number of benzene rings is 2. The fraction of sp³-hybridized carbons (Fsp3) is 0.370. The van der Waals surface area contributed by atoms with Crippen LogP contribution in [0.5, 0.6) is 11.9 Å². The first-order chi connectivity index (χ1) is 16.3. The van der Waals surface area contributed by atoms with E-state index in [1.54, 1.807) is 14.2 Å². The Morgan fingerprint density at radius 2 is 1.59 bits per heavy atom. The molecule has 7 nitrogen and oxygen atoms in total. The van der Waals surface area contributed by atoms with Gasteiger partial charge in [0.1, 0.15) is 11.1 Å². The van der Waals surface area contributed by atoms with E-state index in [9.17, 15) is 0 Å². The summed E-state index contributed by atoms with van der Waals surface area (Å²) in [5, 5.41) is 5.64. The number of fused-ring (bicyclic) bond motifs is 1. The van der Waals surface area contributed by atoms with Crippen LogP contribution < -0.4 is 9.47 Å². The fourth-order valence-electron chi connectivity index (χ4n) is 3.91. The summed E-state index contributed by atoms with van der Waals surface area (Å²) >= 11 is 0. The SMILES string of the molecule is COc1nc(OC)c2c(COCc3ccccc3)nn(C(C)c3ccc(C(C)(C)C)cc3)c2n1. The third-order valence-corrected chi connectivity index (χ3v) is 5.92. The van der Waals surface area contributed by atoms with Crippen LogP contribution in [0, 0.1) is 0 Å². The predicted molar refractivity (Wildman–Crippen MR) is 132 cm³/mol. The van der Waals surface area contributed by atoms with Crippen molar-refractivity contribution in [2.45, 2.75) is 52.4 Å². The molecule has 0 saturated carbocycles. The molecule has 4 rings (SSSR count). The van der Waals surface area contributed by atoms with Crippen LogP contribution in [0.3, 0.4) is 0 Å². The predicted octanol–water partition coefficient (Wildman–Crippen LogP) is 5.47. The number of rotatable bonds is 8. The number of aromatic nitrogens is 4. The summed E-state index contributed by atoms with van der Waals surface area (Å²) in [6.45, 7) is 9.53. The molecule has 0 spiro atoms. The molecular weight excluding hydrogens is 428 g/mol. The standard InChI is InChI=1S/C27H32N4O3/c1-18(20-12-14-21(15-13-20)27(2,3)4)31-24-23(25(32-5)29-26(28-24)33-6)22(30-31)17-34-16-19-10-8-7-9-11-19/h7-15,18H,16-17H2,1-6H3. The Morgan fingerprint density at radius 1 is 0.882 bits per heavy atom. The van der Waals surface area contributed by atoms with Crippen molar-refractivity contribution in [1.82, 2.24) is 19.7 Å². The van der Waals surface area contributed by atoms with Gasteiger partial charge in [-0.25, -0.2) is 4.68 Å². The van der Waals surface area contributed by atoms with Gasteiger partial charge in [0.2, 0.25) is 5.88 Å². The summed E-state index contributed by atoms with van der Waals surface area (Å²) in [7, 11) is 3.13. The molecule has 0 bridgehead atoms. The molecule has 0 radical (unpaired) electrons. The second-order valence-corrected chi connectivity index (χ2v) is 9.34. The molecule has 1 atom stereocenters. The maximum Gasteiger partial charge on any atom is 0.321 e. The van der Waals surface area contributed by atoms with Crippen LogP contribution in [-0.2, 0) is 23.4 Å². The molecule has 0 amide bonds. The Morgan fingerprint density at radius 3 is 2.21 bits per heavy atom. The highest BCUT2D eigenvalue weighted by Crippen LogP contribution is 2.32. The van der Waals surface area contributed by atoms with Crippen LogP contribution in [0.4, 0.5) is 0 Å². The Bertz CT molecular complexity index is 1250. The molecule has 1 unspecified atom stereocenters. The van der Waals surface area contributed by atoms with E-state index in [4.69, 9.17) is 19.3 Å². The lowest BCUT2D eigenvalue weighted by molar-refractivity contribution is 0.105. The quantitative estimate of drug-likeness (QED) is 0.347. The van der Waals surface area contributed by atoms with E-state index in [1.165, 1.54) is 5.56 Å². The van der Waals surface area contributed by atoms with Gasteiger partial charge in [0.15, 0.2) is 5.65 Å². The topological polar surface area (TPSA) is 71.3 Å². The largest absolute Gasteiger partial charge is 0.480 e. The van der Waals surface area contributed by atoms with E-state index in [0.29, 0.717) is 24.7 Å². The zero-order chi connectivity index (χ0) is 24.3. The Hall–Kier alpha value is -3.45. The Labute approximate surface area is 200 Å². The first-order valence-electron chi connectivity index (χ1n) is 11.4. The molecule has 2 heterocycles. The summed E-state index contributed by atoms with van der Waals surface area (Å²) in [5.41, 5.74) is 4.98. The number of ether oxygens (including phenoxy) is 3. The van der Waals surface area contributed by atoms with Gasteiger partial charge in [0.25, 0.3) is 0 Å². The molecule has 7 heteroatoms. The molecule has 34 heavy (non-hydrogen) atoms. The molecule has 178 valence electrons. The van der Waals surface area contributed by atoms with Crippen molar-refractivity contribution in [3.63, 3.8) is 0 Å². The van der Waals surface area contributed by atoms with Gasteiger partial charge < -0.3 is 14.2 Å². The monoisotopic (exact) mass is 460 g/mol. The first-order valence-corrected chi connectivity index (χ1v) is 11.4. The molecular formula is C27H32N4O3. The first kappa shape index (κ1) is 23.7. The molecule has 2 aromatic heterocycles. The van der Waals surface area contributed by atoms with Crippen molar-refractivity contribution in [2.75, 3.05) is 14.2 Å². The minimum atomic E-state index is -0.0660. The highest BCUT2D eigenvalue weighted by Gasteiger charge is 2.24. The molecule has 2 aromatic carbocycles. The lowest BCUT2D eigenvalue weighted by Crippen LogP contribution is -2.13. The van der Waals surface area contributed by atoms with Crippen molar-refractivity contribution in [3.8, 4) is 11.9 Å². The lowest BCUT2D eigenvalue weighted by atomic mass is 9.86.